The topological polar surface area (TPSA) is 55.4 Å². The van der Waals surface area contributed by atoms with E-state index in [9.17, 15) is 9.59 Å². The number of hydrogen-bond acceptors (Lipinski definition) is 3. The molecular formula is C21H27NO3. The quantitative estimate of drug-likeness (QED) is 0.836. The van der Waals surface area contributed by atoms with Crippen molar-refractivity contribution in [3.8, 4) is 0 Å². The molecular weight excluding hydrogens is 314 g/mol. The van der Waals surface area contributed by atoms with E-state index in [2.05, 4.69) is 12.2 Å². The molecule has 0 radical (unpaired) electrons. The Balaban J connectivity index is 1.28. The minimum absolute atomic E-state index is 0.156. The van der Waals surface area contributed by atoms with Crippen LogP contribution in [0.25, 0.3) is 0 Å². The number of rotatable bonds is 5. The predicted molar refractivity (Wildman–Crippen MR) is 95.1 cm³/mol. The van der Waals surface area contributed by atoms with Crippen molar-refractivity contribution in [2.24, 2.45) is 23.7 Å². The zero-order valence-electron chi connectivity index (χ0n) is 14.9. The molecule has 1 amide bonds. The molecule has 4 bridgehead atoms. The maximum absolute atomic E-state index is 12.3. The van der Waals surface area contributed by atoms with Crippen molar-refractivity contribution in [2.75, 3.05) is 6.61 Å². The molecule has 0 spiro atoms. The van der Waals surface area contributed by atoms with E-state index < -0.39 is 5.97 Å². The summed E-state index contributed by atoms with van der Waals surface area (Å²) in [5.74, 6) is 2.47. The molecule has 4 saturated carbocycles. The molecule has 0 aromatic heterocycles. The van der Waals surface area contributed by atoms with Gasteiger partial charge in [-0.2, -0.15) is 0 Å². The molecule has 0 atom stereocenters. The molecule has 134 valence electrons. The third-order valence-corrected chi connectivity index (χ3v) is 6.49. The Hall–Kier alpha value is -1.84. The fourth-order valence-electron chi connectivity index (χ4n) is 5.48. The van der Waals surface area contributed by atoms with Gasteiger partial charge in [-0.15, -0.1) is 0 Å². The lowest BCUT2D eigenvalue weighted by Crippen LogP contribution is -2.56. The van der Waals surface area contributed by atoms with Crippen molar-refractivity contribution in [3.63, 3.8) is 0 Å². The Bertz CT molecular complexity index is 624. The molecule has 5 rings (SSSR count). The summed E-state index contributed by atoms with van der Waals surface area (Å²) in [6, 6.07) is 7.66. The summed E-state index contributed by atoms with van der Waals surface area (Å²) >= 11 is 0. The van der Waals surface area contributed by atoms with Gasteiger partial charge in [-0.05, 0) is 79.9 Å². The second-order valence-electron chi connectivity index (χ2n) is 8.15. The molecule has 4 heteroatoms. The second kappa shape index (κ2) is 6.81. The average Bonchev–Trinajstić information content (AvgIpc) is 2.62. The van der Waals surface area contributed by atoms with Crippen LogP contribution in [0, 0.1) is 23.7 Å². The predicted octanol–water partition coefficient (Wildman–Crippen LogP) is 3.35. The molecule has 4 fully saturated rings. The van der Waals surface area contributed by atoms with Crippen molar-refractivity contribution in [1.29, 1.82) is 0 Å². The first-order chi connectivity index (χ1) is 12.1. The Labute approximate surface area is 149 Å². The van der Waals surface area contributed by atoms with E-state index >= 15 is 0 Å². The molecule has 1 aromatic rings. The number of nitrogens with one attached hydrogen (secondary N) is 1. The SMILES string of the molecule is CCc1ccc(C(=O)OCC(=O)NC2C3CC4CC(C3)CC2C4)cc1. The normalized spacial score (nSPS) is 32.4. The van der Waals surface area contributed by atoms with Gasteiger partial charge in [0.25, 0.3) is 5.91 Å². The van der Waals surface area contributed by atoms with Gasteiger partial charge in [-0.25, -0.2) is 4.79 Å². The number of carbonyl (C=O) groups excluding carboxylic acids is 2. The molecule has 1 N–H and O–H groups in total. The molecule has 0 aliphatic heterocycles. The largest absolute Gasteiger partial charge is 0.452 e. The van der Waals surface area contributed by atoms with Crippen LogP contribution in [0.5, 0.6) is 0 Å². The summed E-state index contributed by atoms with van der Waals surface area (Å²) in [4.78, 5) is 24.4. The van der Waals surface area contributed by atoms with Crippen molar-refractivity contribution >= 4 is 11.9 Å². The van der Waals surface area contributed by atoms with Gasteiger partial charge in [0.2, 0.25) is 0 Å². The van der Waals surface area contributed by atoms with Crippen LogP contribution in [0.2, 0.25) is 0 Å². The lowest BCUT2D eigenvalue weighted by Gasteiger charge is -2.54. The maximum Gasteiger partial charge on any atom is 0.338 e. The molecule has 4 nitrogen and oxygen atoms in total. The fourth-order valence-corrected chi connectivity index (χ4v) is 5.48. The highest BCUT2D eigenvalue weighted by Gasteiger charge is 2.48. The number of hydrogen-bond donors (Lipinski definition) is 1. The highest BCUT2D eigenvalue weighted by molar-refractivity contribution is 5.91. The second-order valence-corrected chi connectivity index (χ2v) is 8.15. The van der Waals surface area contributed by atoms with Crippen LogP contribution < -0.4 is 5.32 Å². The summed E-state index contributed by atoms with van der Waals surface area (Å²) in [6.07, 6.45) is 7.40. The zero-order valence-corrected chi connectivity index (χ0v) is 14.9. The fraction of sp³-hybridized carbons (Fsp3) is 0.619. The van der Waals surface area contributed by atoms with E-state index in [1.807, 2.05) is 12.1 Å². The molecule has 0 saturated heterocycles. The van der Waals surface area contributed by atoms with Gasteiger partial charge in [0.05, 0.1) is 5.56 Å². The van der Waals surface area contributed by atoms with Gasteiger partial charge < -0.3 is 10.1 Å². The van der Waals surface area contributed by atoms with Crippen molar-refractivity contribution < 1.29 is 14.3 Å². The highest BCUT2D eigenvalue weighted by Crippen LogP contribution is 2.53. The Morgan fingerprint density at radius 2 is 1.60 bits per heavy atom. The van der Waals surface area contributed by atoms with E-state index in [4.69, 9.17) is 4.74 Å². The number of carbonyl (C=O) groups is 2. The minimum Gasteiger partial charge on any atom is -0.452 e. The third-order valence-electron chi connectivity index (χ3n) is 6.49. The summed E-state index contributed by atoms with van der Waals surface area (Å²) in [5, 5.41) is 3.17. The summed E-state index contributed by atoms with van der Waals surface area (Å²) in [6.45, 7) is 1.89. The third kappa shape index (κ3) is 3.44. The maximum atomic E-state index is 12.3. The minimum atomic E-state index is -0.428. The van der Waals surface area contributed by atoms with Crippen LogP contribution in [0.3, 0.4) is 0 Å². The molecule has 4 aliphatic carbocycles. The number of aryl methyl sites for hydroxylation is 1. The van der Waals surface area contributed by atoms with Gasteiger partial charge in [-0.3, -0.25) is 4.79 Å². The van der Waals surface area contributed by atoms with E-state index in [-0.39, 0.29) is 12.5 Å². The highest BCUT2D eigenvalue weighted by atomic mass is 16.5. The summed E-state index contributed by atoms with van der Waals surface area (Å²) in [5.41, 5.74) is 1.68. The first-order valence-electron chi connectivity index (χ1n) is 9.67. The summed E-state index contributed by atoms with van der Waals surface area (Å²) in [7, 11) is 0. The van der Waals surface area contributed by atoms with E-state index in [1.54, 1.807) is 12.1 Å². The van der Waals surface area contributed by atoms with Crippen LogP contribution in [0.4, 0.5) is 0 Å². The molecule has 0 unspecified atom stereocenters. The van der Waals surface area contributed by atoms with Crippen LogP contribution in [0.15, 0.2) is 24.3 Å². The van der Waals surface area contributed by atoms with E-state index in [0.717, 1.165) is 18.3 Å². The van der Waals surface area contributed by atoms with E-state index in [0.29, 0.717) is 23.4 Å². The Morgan fingerprint density at radius 1 is 1.00 bits per heavy atom. The van der Waals surface area contributed by atoms with Crippen LogP contribution in [0.1, 0.15) is 54.9 Å². The standard InChI is InChI=1S/C21H27NO3/c1-2-13-3-5-16(6-4-13)21(24)25-12-19(23)22-20-17-8-14-7-15(10-17)11-18(20)9-14/h3-6,14-15,17-18,20H,2,7-12H2,1H3,(H,22,23). The van der Waals surface area contributed by atoms with Crippen LogP contribution >= 0.6 is 0 Å². The van der Waals surface area contributed by atoms with Crippen molar-refractivity contribution in [3.05, 3.63) is 35.4 Å². The van der Waals surface area contributed by atoms with Gasteiger partial charge in [-0.1, -0.05) is 19.1 Å². The molecule has 4 aliphatic rings. The smallest absolute Gasteiger partial charge is 0.338 e. The van der Waals surface area contributed by atoms with Crippen molar-refractivity contribution in [2.45, 2.75) is 51.5 Å². The van der Waals surface area contributed by atoms with Crippen LogP contribution in [-0.2, 0) is 16.0 Å². The number of esters is 1. The van der Waals surface area contributed by atoms with Gasteiger partial charge in [0.1, 0.15) is 0 Å². The number of benzene rings is 1. The first kappa shape index (κ1) is 16.6. The number of ether oxygens (including phenoxy) is 1. The van der Waals surface area contributed by atoms with Crippen molar-refractivity contribution in [1.82, 2.24) is 5.32 Å². The van der Waals surface area contributed by atoms with Gasteiger partial charge >= 0.3 is 5.97 Å². The first-order valence-corrected chi connectivity index (χ1v) is 9.67. The van der Waals surface area contributed by atoms with Crippen LogP contribution in [-0.4, -0.2) is 24.5 Å². The molecule has 1 aromatic carbocycles. The monoisotopic (exact) mass is 341 g/mol. The Kier molecular flexibility index (Phi) is 4.53. The lowest BCUT2D eigenvalue weighted by molar-refractivity contribution is -0.128. The number of amides is 1. The molecule has 25 heavy (non-hydrogen) atoms. The average molecular weight is 341 g/mol. The molecule has 0 heterocycles. The lowest BCUT2D eigenvalue weighted by atomic mass is 9.54. The van der Waals surface area contributed by atoms with Gasteiger partial charge in [0.15, 0.2) is 6.61 Å². The Morgan fingerprint density at radius 3 is 2.16 bits per heavy atom. The van der Waals surface area contributed by atoms with E-state index in [1.165, 1.54) is 37.7 Å². The summed E-state index contributed by atoms with van der Waals surface area (Å²) < 4.78 is 5.21. The van der Waals surface area contributed by atoms with Gasteiger partial charge in [0, 0.05) is 6.04 Å². The zero-order chi connectivity index (χ0) is 17.4.